The number of ether oxygens (including phenoxy) is 1. The largest absolute Gasteiger partial charge is 0.466 e. The van der Waals surface area contributed by atoms with E-state index in [2.05, 4.69) is 4.98 Å². The van der Waals surface area contributed by atoms with Gasteiger partial charge in [0.15, 0.2) is 0 Å². The molecule has 0 aliphatic rings. The van der Waals surface area contributed by atoms with Crippen LogP contribution in [-0.2, 0) is 16.0 Å². The normalized spacial score (nSPS) is 9.86. The molecule has 0 fully saturated rings. The van der Waals surface area contributed by atoms with Gasteiger partial charge < -0.3 is 4.74 Å². The van der Waals surface area contributed by atoms with E-state index in [9.17, 15) is 9.18 Å². The van der Waals surface area contributed by atoms with Gasteiger partial charge in [-0.05, 0) is 25.0 Å². The van der Waals surface area contributed by atoms with Gasteiger partial charge in [-0.2, -0.15) is 4.39 Å². The Kier molecular flexibility index (Phi) is 4.04. The van der Waals surface area contributed by atoms with E-state index in [4.69, 9.17) is 4.74 Å². The Hall–Kier alpha value is -1.45. The SMILES string of the molecule is CCOC(=O)CCc1ccc(F)nc1. The van der Waals surface area contributed by atoms with Gasteiger partial charge in [0.2, 0.25) is 5.95 Å². The smallest absolute Gasteiger partial charge is 0.306 e. The van der Waals surface area contributed by atoms with E-state index in [1.54, 1.807) is 13.0 Å². The summed E-state index contributed by atoms with van der Waals surface area (Å²) in [7, 11) is 0. The molecule has 14 heavy (non-hydrogen) atoms. The zero-order valence-electron chi connectivity index (χ0n) is 8.00. The van der Waals surface area contributed by atoms with Crippen LogP contribution in [0.15, 0.2) is 18.3 Å². The average Bonchev–Trinajstić information content (AvgIpc) is 2.17. The van der Waals surface area contributed by atoms with Crippen LogP contribution in [-0.4, -0.2) is 17.6 Å². The molecule has 0 aliphatic heterocycles. The van der Waals surface area contributed by atoms with Crippen molar-refractivity contribution in [2.75, 3.05) is 6.61 Å². The topological polar surface area (TPSA) is 39.2 Å². The summed E-state index contributed by atoms with van der Waals surface area (Å²) in [6, 6.07) is 2.89. The van der Waals surface area contributed by atoms with Crippen LogP contribution >= 0.6 is 0 Å². The van der Waals surface area contributed by atoms with Crippen LogP contribution in [0.1, 0.15) is 18.9 Å². The third-order valence-corrected chi connectivity index (χ3v) is 1.71. The van der Waals surface area contributed by atoms with Crippen molar-refractivity contribution in [2.24, 2.45) is 0 Å². The molecule has 3 nitrogen and oxygen atoms in total. The molecule has 0 N–H and O–H groups in total. The van der Waals surface area contributed by atoms with E-state index in [-0.39, 0.29) is 5.97 Å². The van der Waals surface area contributed by atoms with Crippen LogP contribution in [0.5, 0.6) is 0 Å². The molecule has 0 spiro atoms. The van der Waals surface area contributed by atoms with Crippen molar-refractivity contribution in [3.8, 4) is 0 Å². The number of aromatic nitrogens is 1. The fourth-order valence-corrected chi connectivity index (χ4v) is 1.03. The summed E-state index contributed by atoms with van der Waals surface area (Å²) in [5.74, 6) is -0.748. The first kappa shape index (κ1) is 10.6. The zero-order chi connectivity index (χ0) is 10.4. The van der Waals surface area contributed by atoms with Crippen molar-refractivity contribution in [2.45, 2.75) is 19.8 Å². The van der Waals surface area contributed by atoms with Gasteiger partial charge in [0, 0.05) is 12.6 Å². The molecule has 0 atom stereocenters. The Labute approximate surface area is 81.9 Å². The molecule has 0 aliphatic carbocycles. The number of rotatable bonds is 4. The number of hydrogen-bond donors (Lipinski definition) is 0. The van der Waals surface area contributed by atoms with Gasteiger partial charge in [0.05, 0.1) is 6.61 Å². The minimum Gasteiger partial charge on any atom is -0.466 e. The summed E-state index contributed by atoms with van der Waals surface area (Å²) in [5.41, 5.74) is 0.833. The van der Waals surface area contributed by atoms with Crippen LogP contribution in [0, 0.1) is 5.95 Å². The van der Waals surface area contributed by atoms with E-state index < -0.39 is 5.95 Å². The molecular formula is C10H12FNO2. The molecule has 0 amide bonds. The predicted octanol–water partition coefficient (Wildman–Crippen LogP) is 1.72. The lowest BCUT2D eigenvalue weighted by Gasteiger charge is -2.01. The maximum Gasteiger partial charge on any atom is 0.306 e. The van der Waals surface area contributed by atoms with E-state index in [0.29, 0.717) is 19.4 Å². The number of carbonyl (C=O) groups excluding carboxylic acids is 1. The molecule has 1 aromatic heterocycles. The summed E-state index contributed by atoms with van der Waals surface area (Å²) in [5, 5.41) is 0. The Morgan fingerprint density at radius 3 is 2.93 bits per heavy atom. The standard InChI is InChI=1S/C10H12FNO2/c1-2-14-10(13)6-4-8-3-5-9(11)12-7-8/h3,5,7H,2,4,6H2,1H3. The maximum absolute atomic E-state index is 12.4. The highest BCUT2D eigenvalue weighted by Crippen LogP contribution is 2.03. The lowest BCUT2D eigenvalue weighted by atomic mass is 10.2. The third kappa shape index (κ3) is 3.51. The number of pyridine rings is 1. The molecule has 0 unspecified atom stereocenters. The van der Waals surface area contributed by atoms with Crippen molar-refractivity contribution >= 4 is 5.97 Å². The number of hydrogen-bond acceptors (Lipinski definition) is 3. The summed E-state index contributed by atoms with van der Waals surface area (Å²) >= 11 is 0. The third-order valence-electron chi connectivity index (χ3n) is 1.71. The van der Waals surface area contributed by atoms with Gasteiger partial charge in [-0.15, -0.1) is 0 Å². The van der Waals surface area contributed by atoms with Crippen LogP contribution in [0.25, 0.3) is 0 Å². The second kappa shape index (κ2) is 5.32. The first-order chi connectivity index (χ1) is 6.72. The van der Waals surface area contributed by atoms with Gasteiger partial charge in [-0.3, -0.25) is 4.79 Å². The van der Waals surface area contributed by atoms with Crippen LogP contribution in [0.3, 0.4) is 0 Å². The van der Waals surface area contributed by atoms with E-state index in [1.165, 1.54) is 12.3 Å². The van der Waals surface area contributed by atoms with Gasteiger partial charge in [-0.25, -0.2) is 4.98 Å². The minimum absolute atomic E-state index is 0.239. The van der Waals surface area contributed by atoms with Crippen molar-refractivity contribution < 1.29 is 13.9 Å². The van der Waals surface area contributed by atoms with Gasteiger partial charge in [0.25, 0.3) is 0 Å². The summed E-state index contributed by atoms with van der Waals surface area (Å²) in [6.45, 7) is 2.15. The average molecular weight is 197 g/mol. The molecule has 4 heteroatoms. The molecule has 76 valence electrons. The summed E-state index contributed by atoms with van der Waals surface area (Å²) < 4.78 is 17.2. The van der Waals surface area contributed by atoms with Crippen LogP contribution < -0.4 is 0 Å². The fraction of sp³-hybridized carbons (Fsp3) is 0.400. The number of aryl methyl sites for hydroxylation is 1. The highest BCUT2D eigenvalue weighted by atomic mass is 19.1. The molecule has 1 rings (SSSR count). The van der Waals surface area contributed by atoms with Gasteiger partial charge in [-0.1, -0.05) is 6.07 Å². The monoisotopic (exact) mass is 197 g/mol. The number of nitrogens with zero attached hydrogens (tertiary/aromatic N) is 1. The van der Waals surface area contributed by atoms with Crippen molar-refractivity contribution in [1.82, 2.24) is 4.98 Å². The summed E-state index contributed by atoms with van der Waals surface area (Å²) in [4.78, 5) is 14.5. The molecule has 0 saturated heterocycles. The second-order valence-corrected chi connectivity index (χ2v) is 2.79. The number of carbonyl (C=O) groups is 1. The molecule has 1 aromatic rings. The number of esters is 1. The lowest BCUT2D eigenvalue weighted by Crippen LogP contribution is -2.05. The summed E-state index contributed by atoms with van der Waals surface area (Å²) in [6.07, 6.45) is 2.27. The predicted molar refractivity (Wildman–Crippen MR) is 49.1 cm³/mol. The molecular weight excluding hydrogens is 185 g/mol. The van der Waals surface area contributed by atoms with E-state index in [0.717, 1.165) is 5.56 Å². The van der Waals surface area contributed by atoms with Gasteiger partial charge in [0.1, 0.15) is 0 Å². The van der Waals surface area contributed by atoms with Crippen LogP contribution in [0.2, 0.25) is 0 Å². The van der Waals surface area contributed by atoms with Crippen molar-refractivity contribution in [3.63, 3.8) is 0 Å². The molecule has 0 bridgehead atoms. The highest BCUT2D eigenvalue weighted by molar-refractivity contribution is 5.69. The molecule has 0 aromatic carbocycles. The first-order valence-electron chi connectivity index (χ1n) is 4.48. The zero-order valence-corrected chi connectivity index (χ0v) is 8.00. The lowest BCUT2D eigenvalue weighted by molar-refractivity contribution is -0.143. The molecule has 0 saturated carbocycles. The van der Waals surface area contributed by atoms with Crippen molar-refractivity contribution in [1.29, 1.82) is 0 Å². The maximum atomic E-state index is 12.4. The highest BCUT2D eigenvalue weighted by Gasteiger charge is 2.02. The van der Waals surface area contributed by atoms with E-state index in [1.807, 2.05) is 0 Å². The Balaban J connectivity index is 2.38. The van der Waals surface area contributed by atoms with E-state index >= 15 is 0 Å². The minimum atomic E-state index is -0.509. The van der Waals surface area contributed by atoms with Crippen LogP contribution in [0.4, 0.5) is 4.39 Å². The Morgan fingerprint density at radius 2 is 2.36 bits per heavy atom. The Bertz CT molecular complexity index is 297. The number of halogens is 1. The second-order valence-electron chi connectivity index (χ2n) is 2.79. The van der Waals surface area contributed by atoms with Gasteiger partial charge >= 0.3 is 5.97 Å². The first-order valence-corrected chi connectivity index (χ1v) is 4.48. The fourth-order valence-electron chi connectivity index (χ4n) is 1.03. The quantitative estimate of drug-likeness (QED) is 0.545. The van der Waals surface area contributed by atoms with Crippen molar-refractivity contribution in [3.05, 3.63) is 29.8 Å². The molecule has 0 radical (unpaired) electrons. The molecule has 1 heterocycles. The Morgan fingerprint density at radius 1 is 1.57 bits per heavy atom.